The number of thioether (sulfide) groups is 1. The summed E-state index contributed by atoms with van der Waals surface area (Å²) in [4.78, 5) is 4.18. The summed E-state index contributed by atoms with van der Waals surface area (Å²) >= 11 is 1.40. The summed E-state index contributed by atoms with van der Waals surface area (Å²) in [5.41, 5.74) is 6.36. The van der Waals surface area contributed by atoms with Crippen LogP contribution in [-0.2, 0) is 0 Å². The molecule has 1 aromatic rings. The molecule has 15 heavy (non-hydrogen) atoms. The average Bonchev–Trinajstić information content (AvgIpc) is 2.28. The number of nitrogens with zero attached hydrogens (tertiary/aromatic N) is 1. The Morgan fingerprint density at radius 1 is 1.27 bits per heavy atom. The number of rotatable bonds is 3. The minimum Gasteiger partial charge on any atom is -0.493 e. The molecule has 0 aromatic heterocycles. The zero-order valence-corrected chi connectivity index (χ0v) is 9.80. The summed E-state index contributed by atoms with van der Waals surface area (Å²) in [6, 6.07) is 5.40. The molecule has 0 amide bonds. The van der Waals surface area contributed by atoms with E-state index in [2.05, 4.69) is 4.99 Å². The third-order valence-corrected chi connectivity index (χ3v) is 2.33. The van der Waals surface area contributed by atoms with Gasteiger partial charge < -0.3 is 15.2 Å². The van der Waals surface area contributed by atoms with E-state index in [1.807, 2.05) is 12.3 Å². The van der Waals surface area contributed by atoms with Gasteiger partial charge in [-0.15, -0.1) is 0 Å². The van der Waals surface area contributed by atoms with Gasteiger partial charge in [-0.1, -0.05) is 11.8 Å². The first-order valence-electron chi connectivity index (χ1n) is 4.31. The lowest BCUT2D eigenvalue weighted by Crippen LogP contribution is -2.04. The lowest BCUT2D eigenvalue weighted by atomic mass is 10.3. The molecule has 0 fully saturated rings. The molecule has 1 rings (SSSR count). The number of nitrogens with two attached hydrogens (primary N) is 1. The fourth-order valence-electron chi connectivity index (χ4n) is 1.07. The predicted octanol–water partition coefficient (Wildman–Crippen LogP) is 2.01. The van der Waals surface area contributed by atoms with Crippen molar-refractivity contribution in [3.05, 3.63) is 18.2 Å². The summed E-state index contributed by atoms with van der Waals surface area (Å²) in [6.07, 6.45) is 1.87. The van der Waals surface area contributed by atoms with Crippen LogP contribution in [0.25, 0.3) is 0 Å². The van der Waals surface area contributed by atoms with Gasteiger partial charge in [0.1, 0.15) is 0 Å². The van der Waals surface area contributed by atoms with E-state index in [-0.39, 0.29) is 0 Å². The van der Waals surface area contributed by atoms with Crippen LogP contribution in [0.3, 0.4) is 0 Å². The summed E-state index contributed by atoms with van der Waals surface area (Å²) in [7, 11) is 3.18. The molecule has 0 bridgehead atoms. The molecule has 82 valence electrons. The Hall–Kier alpha value is -1.36. The molecule has 0 heterocycles. The van der Waals surface area contributed by atoms with E-state index >= 15 is 0 Å². The van der Waals surface area contributed by atoms with E-state index in [0.717, 1.165) is 5.69 Å². The number of benzene rings is 1. The van der Waals surface area contributed by atoms with E-state index < -0.39 is 0 Å². The standard InChI is InChI=1S/C10H14N2O2S/c1-13-8-5-4-7(6-9(8)14-2)12-10(11)15-3/h4-6H,1-3H3,(H2,11,12). The topological polar surface area (TPSA) is 56.8 Å². The Bertz CT molecular complexity index is 366. The Kier molecular flexibility index (Phi) is 4.30. The molecule has 0 atom stereocenters. The van der Waals surface area contributed by atoms with E-state index in [1.54, 1.807) is 26.4 Å². The second-order valence-corrected chi connectivity index (χ2v) is 3.52. The van der Waals surface area contributed by atoms with Crippen LogP contribution in [0.2, 0.25) is 0 Å². The van der Waals surface area contributed by atoms with Crippen molar-refractivity contribution in [2.45, 2.75) is 0 Å². The molecule has 1 aromatic carbocycles. The molecule has 5 heteroatoms. The van der Waals surface area contributed by atoms with E-state index in [1.165, 1.54) is 11.8 Å². The second kappa shape index (κ2) is 5.50. The summed E-state index contributed by atoms with van der Waals surface area (Å²) in [5.74, 6) is 1.33. The van der Waals surface area contributed by atoms with Gasteiger partial charge in [0, 0.05) is 6.07 Å². The third kappa shape index (κ3) is 3.06. The average molecular weight is 226 g/mol. The molecule has 0 saturated heterocycles. The minimum absolute atomic E-state index is 0.516. The molecule has 0 aliphatic carbocycles. The van der Waals surface area contributed by atoms with Gasteiger partial charge >= 0.3 is 0 Å². The summed E-state index contributed by atoms with van der Waals surface area (Å²) < 4.78 is 10.3. The lowest BCUT2D eigenvalue weighted by Gasteiger charge is -2.07. The van der Waals surface area contributed by atoms with Gasteiger partial charge in [-0.25, -0.2) is 4.99 Å². The van der Waals surface area contributed by atoms with Crippen molar-refractivity contribution in [2.24, 2.45) is 10.7 Å². The van der Waals surface area contributed by atoms with Crippen molar-refractivity contribution in [2.75, 3.05) is 20.5 Å². The Balaban J connectivity index is 3.03. The third-order valence-electron chi connectivity index (χ3n) is 1.82. The van der Waals surface area contributed by atoms with Crippen molar-refractivity contribution in [1.82, 2.24) is 0 Å². The van der Waals surface area contributed by atoms with Crippen LogP contribution in [-0.4, -0.2) is 25.6 Å². The quantitative estimate of drug-likeness (QED) is 0.632. The van der Waals surface area contributed by atoms with Crippen LogP contribution in [0, 0.1) is 0 Å². The highest BCUT2D eigenvalue weighted by Crippen LogP contribution is 2.31. The fraction of sp³-hybridized carbons (Fsp3) is 0.300. The number of amidine groups is 1. The Morgan fingerprint density at radius 3 is 2.47 bits per heavy atom. The van der Waals surface area contributed by atoms with E-state index in [0.29, 0.717) is 16.7 Å². The molecule has 0 spiro atoms. The molecule has 0 aliphatic heterocycles. The first-order chi connectivity index (χ1) is 7.21. The van der Waals surface area contributed by atoms with Crippen LogP contribution >= 0.6 is 11.8 Å². The van der Waals surface area contributed by atoms with E-state index in [4.69, 9.17) is 15.2 Å². The number of hydrogen-bond acceptors (Lipinski definition) is 4. The Morgan fingerprint density at radius 2 is 1.93 bits per heavy atom. The number of methoxy groups -OCH3 is 2. The highest BCUT2D eigenvalue weighted by Gasteiger charge is 2.03. The number of aliphatic imine (C=N–C) groups is 1. The molecular weight excluding hydrogens is 212 g/mol. The van der Waals surface area contributed by atoms with Gasteiger partial charge in [0.05, 0.1) is 19.9 Å². The summed E-state index contributed by atoms with van der Waals surface area (Å²) in [6.45, 7) is 0. The van der Waals surface area contributed by atoms with Crippen molar-refractivity contribution >= 4 is 22.6 Å². The van der Waals surface area contributed by atoms with Crippen LogP contribution in [0.4, 0.5) is 5.69 Å². The molecule has 0 aliphatic rings. The molecule has 2 N–H and O–H groups in total. The van der Waals surface area contributed by atoms with E-state index in [9.17, 15) is 0 Å². The smallest absolute Gasteiger partial charge is 0.162 e. The predicted molar refractivity (Wildman–Crippen MR) is 64.3 cm³/mol. The Labute approximate surface area is 93.5 Å². The fourth-order valence-corrected chi connectivity index (χ4v) is 1.26. The molecular formula is C10H14N2O2S. The lowest BCUT2D eigenvalue weighted by molar-refractivity contribution is 0.355. The van der Waals surface area contributed by atoms with Crippen LogP contribution in [0.1, 0.15) is 0 Å². The normalized spacial score (nSPS) is 11.3. The largest absolute Gasteiger partial charge is 0.493 e. The van der Waals surface area contributed by atoms with Crippen molar-refractivity contribution < 1.29 is 9.47 Å². The molecule has 4 nitrogen and oxygen atoms in total. The van der Waals surface area contributed by atoms with Crippen LogP contribution in [0.5, 0.6) is 11.5 Å². The monoisotopic (exact) mass is 226 g/mol. The van der Waals surface area contributed by atoms with Gasteiger partial charge in [-0.05, 0) is 18.4 Å². The van der Waals surface area contributed by atoms with Crippen LogP contribution in [0.15, 0.2) is 23.2 Å². The second-order valence-electron chi connectivity index (χ2n) is 2.69. The van der Waals surface area contributed by atoms with Gasteiger partial charge in [-0.3, -0.25) is 0 Å². The summed E-state index contributed by atoms with van der Waals surface area (Å²) in [5, 5.41) is 0.516. The highest BCUT2D eigenvalue weighted by molar-refractivity contribution is 8.13. The first kappa shape index (κ1) is 11.7. The maximum absolute atomic E-state index is 5.61. The molecule has 0 radical (unpaired) electrons. The van der Waals surface area contributed by atoms with Crippen LogP contribution < -0.4 is 15.2 Å². The van der Waals surface area contributed by atoms with Gasteiger partial charge in [0.2, 0.25) is 0 Å². The zero-order valence-electron chi connectivity index (χ0n) is 8.98. The van der Waals surface area contributed by atoms with Crippen molar-refractivity contribution in [3.63, 3.8) is 0 Å². The van der Waals surface area contributed by atoms with Crippen molar-refractivity contribution in [3.8, 4) is 11.5 Å². The first-order valence-corrected chi connectivity index (χ1v) is 5.54. The minimum atomic E-state index is 0.516. The van der Waals surface area contributed by atoms with Gasteiger partial charge in [0.25, 0.3) is 0 Å². The number of ether oxygens (including phenoxy) is 2. The highest BCUT2D eigenvalue weighted by atomic mass is 32.2. The maximum Gasteiger partial charge on any atom is 0.162 e. The van der Waals surface area contributed by atoms with Gasteiger partial charge in [-0.2, -0.15) is 0 Å². The van der Waals surface area contributed by atoms with Gasteiger partial charge in [0.15, 0.2) is 16.7 Å². The SMILES string of the molecule is COc1ccc(N=C(N)SC)cc1OC. The molecule has 0 unspecified atom stereocenters. The zero-order chi connectivity index (χ0) is 11.3. The number of hydrogen-bond donors (Lipinski definition) is 1. The van der Waals surface area contributed by atoms with Crippen molar-refractivity contribution in [1.29, 1.82) is 0 Å². The maximum atomic E-state index is 5.61. The molecule has 0 saturated carbocycles.